The number of carbonyl (C=O) groups is 1. The van der Waals surface area contributed by atoms with Crippen molar-refractivity contribution in [3.8, 4) is 11.5 Å². The Labute approximate surface area is 276 Å². The van der Waals surface area contributed by atoms with Crippen molar-refractivity contribution >= 4 is 56.5 Å². The van der Waals surface area contributed by atoms with Crippen LogP contribution in [0.5, 0.6) is 11.5 Å². The maximum atomic E-state index is 14.1. The number of carbonyl (C=O) groups excluding carboxylic acids is 1. The third-order valence-corrected chi connectivity index (χ3v) is 9.12. The van der Waals surface area contributed by atoms with Gasteiger partial charge in [-0.25, -0.2) is 4.99 Å². The van der Waals surface area contributed by atoms with Crippen molar-refractivity contribution in [2.45, 2.75) is 19.6 Å². The molecule has 2 heterocycles. The molecule has 1 aliphatic heterocycles. The zero-order valence-electron chi connectivity index (χ0n) is 24.3. The number of anilines is 1. The largest absolute Gasteiger partial charge is 0.497 e. The van der Waals surface area contributed by atoms with Crippen LogP contribution in [0.4, 0.5) is 5.69 Å². The summed E-state index contributed by atoms with van der Waals surface area (Å²) in [6.45, 7) is 2.18. The molecule has 1 amide bonds. The van der Waals surface area contributed by atoms with Gasteiger partial charge in [0.25, 0.3) is 11.5 Å². The molecular weight excluding hydrogens is 674 g/mol. The molecule has 1 aliphatic rings. The second kappa shape index (κ2) is 13.3. The first-order valence-electron chi connectivity index (χ1n) is 14.0. The molecule has 226 valence electrons. The van der Waals surface area contributed by atoms with Gasteiger partial charge in [-0.2, -0.15) is 0 Å². The van der Waals surface area contributed by atoms with Crippen molar-refractivity contribution in [1.29, 1.82) is 0 Å². The molecule has 0 bridgehead atoms. The summed E-state index contributed by atoms with van der Waals surface area (Å²) in [6.07, 6.45) is 1.82. The Morgan fingerprint density at radius 2 is 1.82 bits per heavy atom. The number of amides is 1. The standard InChI is InChI=1S/C35H27BrClN3O4S/c1-21-31(33(41)39-26-8-4-3-5-9-26)32(24-7-6-10-27(19-24)43-2)40-34(42)30(45-35(40)38-21)18-23-13-16-29(28(36)17-23)44-20-22-11-14-25(37)15-12-22/h3-19,32H,20H2,1-2H3,(H,39,41)/b30-18+. The molecule has 0 saturated carbocycles. The molecule has 7 nitrogen and oxygen atoms in total. The zero-order valence-corrected chi connectivity index (χ0v) is 27.4. The van der Waals surface area contributed by atoms with Gasteiger partial charge in [-0.15, -0.1) is 0 Å². The predicted octanol–water partition coefficient (Wildman–Crippen LogP) is 6.88. The summed E-state index contributed by atoms with van der Waals surface area (Å²) in [5.74, 6) is 0.962. The summed E-state index contributed by atoms with van der Waals surface area (Å²) in [4.78, 5) is 33.1. The molecule has 0 fully saturated rings. The van der Waals surface area contributed by atoms with Gasteiger partial charge in [-0.1, -0.05) is 71.5 Å². The number of benzene rings is 4. The number of methoxy groups -OCH3 is 1. The summed E-state index contributed by atoms with van der Waals surface area (Å²) in [5.41, 5.74) is 3.86. The van der Waals surface area contributed by atoms with Gasteiger partial charge in [0.2, 0.25) is 0 Å². The van der Waals surface area contributed by atoms with Gasteiger partial charge in [-0.05, 0) is 94.2 Å². The van der Waals surface area contributed by atoms with Gasteiger partial charge >= 0.3 is 0 Å². The second-order valence-electron chi connectivity index (χ2n) is 10.3. The highest BCUT2D eigenvalue weighted by Crippen LogP contribution is 2.32. The number of nitrogens with one attached hydrogen (secondary N) is 1. The lowest BCUT2D eigenvalue weighted by molar-refractivity contribution is -0.113. The quantitative estimate of drug-likeness (QED) is 0.192. The molecule has 0 saturated heterocycles. The van der Waals surface area contributed by atoms with Gasteiger partial charge < -0.3 is 14.8 Å². The molecule has 1 N–H and O–H groups in total. The average molecular weight is 701 g/mol. The molecule has 5 aromatic rings. The minimum atomic E-state index is -0.711. The molecule has 1 aromatic heterocycles. The lowest BCUT2D eigenvalue weighted by atomic mass is 9.95. The molecular formula is C35H27BrClN3O4S. The van der Waals surface area contributed by atoms with Gasteiger partial charge in [-0.3, -0.25) is 14.2 Å². The number of allylic oxidation sites excluding steroid dienone is 1. The van der Waals surface area contributed by atoms with E-state index < -0.39 is 6.04 Å². The van der Waals surface area contributed by atoms with Crippen LogP contribution >= 0.6 is 38.9 Å². The number of hydrogen-bond donors (Lipinski definition) is 1. The molecule has 0 aliphatic carbocycles. The minimum absolute atomic E-state index is 0.247. The van der Waals surface area contributed by atoms with E-state index in [0.717, 1.165) is 21.2 Å². The SMILES string of the molecule is COc1cccc(C2C(C(=O)Nc3ccccc3)=C(C)N=c3s/c(=C/c4ccc(OCc5ccc(Cl)cc5)c(Br)c4)c(=O)n32)c1. The fourth-order valence-corrected chi connectivity index (χ4v) is 6.76. The van der Waals surface area contributed by atoms with Crippen molar-refractivity contribution in [2.75, 3.05) is 12.4 Å². The fourth-order valence-electron chi connectivity index (χ4n) is 5.08. The molecule has 45 heavy (non-hydrogen) atoms. The molecule has 0 spiro atoms. The first-order chi connectivity index (χ1) is 21.8. The predicted molar refractivity (Wildman–Crippen MR) is 182 cm³/mol. The number of para-hydroxylation sites is 1. The Morgan fingerprint density at radius 1 is 1.04 bits per heavy atom. The van der Waals surface area contributed by atoms with E-state index in [1.54, 1.807) is 18.6 Å². The van der Waals surface area contributed by atoms with Crippen LogP contribution < -0.4 is 29.7 Å². The van der Waals surface area contributed by atoms with E-state index >= 15 is 0 Å². The van der Waals surface area contributed by atoms with Crippen molar-refractivity contribution < 1.29 is 14.3 Å². The summed E-state index contributed by atoms with van der Waals surface area (Å²) < 4.78 is 14.3. The van der Waals surface area contributed by atoms with E-state index in [2.05, 4.69) is 21.2 Å². The van der Waals surface area contributed by atoms with Crippen molar-refractivity contribution in [3.05, 3.63) is 154 Å². The molecule has 0 radical (unpaired) electrons. The number of ether oxygens (including phenoxy) is 2. The summed E-state index contributed by atoms with van der Waals surface area (Å²) >= 11 is 10.9. The summed E-state index contributed by atoms with van der Waals surface area (Å²) in [5, 5.41) is 3.64. The third-order valence-electron chi connectivity index (χ3n) is 7.27. The molecule has 1 unspecified atom stereocenters. The number of thiazole rings is 1. The van der Waals surface area contributed by atoms with Crippen molar-refractivity contribution in [1.82, 2.24) is 4.57 Å². The molecule has 1 atom stereocenters. The highest BCUT2D eigenvalue weighted by atomic mass is 79.9. The number of hydrogen-bond acceptors (Lipinski definition) is 6. The smallest absolute Gasteiger partial charge is 0.271 e. The number of rotatable bonds is 8. The highest BCUT2D eigenvalue weighted by Gasteiger charge is 2.32. The maximum Gasteiger partial charge on any atom is 0.271 e. The van der Waals surface area contributed by atoms with E-state index in [0.29, 0.717) is 49.4 Å². The fraction of sp³-hybridized carbons (Fsp3) is 0.114. The Balaban J connectivity index is 1.37. The summed E-state index contributed by atoms with van der Waals surface area (Å²) in [7, 11) is 1.58. The van der Waals surface area contributed by atoms with Crippen LogP contribution in [0.15, 0.2) is 123 Å². The number of nitrogens with zero attached hydrogens (tertiary/aromatic N) is 2. The van der Waals surface area contributed by atoms with E-state index in [1.165, 1.54) is 11.3 Å². The van der Waals surface area contributed by atoms with Crippen molar-refractivity contribution in [3.63, 3.8) is 0 Å². The Bertz CT molecular complexity index is 2110. The van der Waals surface area contributed by atoms with Crippen LogP contribution in [0.1, 0.15) is 29.7 Å². The van der Waals surface area contributed by atoms with Gasteiger partial charge in [0.1, 0.15) is 18.1 Å². The van der Waals surface area contributed by atoms with Gasteiger partial charge in [0, 0.05) is 10.7 Å². The van der Waals surface area contributed by atoms with Gasteiger partial charge in [0.05, 0.1) is 33.4 Å². The molecule has 6 rings (SSSR count). The van der Waals surface area contributed by atoms with Crippen LogP contribution in [0, 0.1) is 0 Å². The monoisotopic (exact) mass is 699 g/mol. The van der Waals surface area contributed by atoms with Crippen LogP contribution in [0.25, 0.3) is 6.08 Å². The van der Waals surface area contributed by atoms with Crippen LogP contribution in [0.2, 0.25) is 5.02 Å². The average Bonchev–Trinajstić information content (AvgIpc) is 3.34. The number of halogens is 2. The number of fused-ring (bicyclic) bond motifs is 1. The van der Waals surface area contributed by atoms with Crippen molar-refractivity contribution in [2.24, 2.45) is 4.99 Å². The molecule has 10 heteroatoms. The topological polar surface area (TPSA) is 81.9 Å². The Hall–Kier alpha value is -4.44. The van der Waals surface area contributed by atoms with E-state index in [-0.39, 0.29) is 11.5 Å². The van der Waals surface area contributed by atoms with Crippen LogP contribution in [-0.2, 0) is 11.4 Å². The van der Waals surface area contributed by atoms with E-state index in [4.69, 9.17) is 26.1 Å². The lowest BCUT2D eigenvalue weighted by Gasteiger charge is -2.25. The third kappa shape index (κ3) is 6.66. The number of aromatic nitrogens is 1. The first kappa shape index (κ1) is 30.6. The van der Waals surface area contributed by atoms with Crippen LogP contribution in [0.3, 0.4) is 0 Å². The van der Waals surface area contributed by atoms with Gasteiger partial charge in [0.15, 0.2) is 4.80 Å². The maximum absolute atomic E-state index is 14.1. The first-order valence-corrected chi connectivity index (χ1v) is 16.0. The second-order valence-corrected chi connectivity index (χ2v) is 12.6. The Morgan fingerprint density at radius 3 is 2.56 bits per heavy atom. The highest BCUT2D eigenvalue weighted by molar-refractivity contribution is 9.10. The van der Waals surface area contributed by atoms with Crippen LogP contribution in [-0.4, -0.2) is 17.6 Å². The lowest BCUT2D eigenvalue weighted by Crippen LogP contribution is -2.40. The zero-order chi connectivity index (χ0) is 31.5. The molecule has 4 aromatic carbocycles. The normalized spacial score (nSPS) is 14.5. The Kier molecular flexibility index (Phi) is 9.02. The minimum Gasteiger partial charge on any atom is -0.497 e. The van der Waals surface area contributed by atoms with E-state index in [9.17, 15) is 9.59 Å². The van der Waals surface area contributed by atoms with E-state index in [1.807, 2.05) is 103 Å². The summed E-state index contributed by atoms with van der Waals surface area (Å²) in [6, 6.07) is 29.0.